The van der Waals surface area contributed by atoms with Crippen LogP contribution < -0.4 is 5.73 Å². The van der Waals surface area contributed by atoms with E-state index in [9.17, 15) is 4.57 Å². The van der Waals surface area contributed by atoms with Gasteiger partial charge in [-0.15, -0.1) is 0 Å². The second kappa shape index (κ2) is 38.8. The van der Waals surface area contributed by atoms with E-state index in [1.165, 1.54) is 167 Å². The third-order valence-corrected chi connectivity index (χ3v) is 10.4. The molecule has 0 saturated carbocycles. The van der Waals surface area contributed by atoms with Gasteiger partial charge in [-0.3, -0.25) is 13.6 Å². The zero-order valence-electron chi connectivity index (χ0n) is 31.8. The van der Waals surface area contributed by atoms with Crippen LogP contribution in [0.5, 0.6) is 0 Å². The minimum atomic E-state index is -3.66. The molecule has 1 unspecified atom stereocenters. The number of nitrogens with two attached hydrogens (primary N) is 1. The van der Waals surface area contributed by atoms with E-state index in [1.807, 2.05) is 0 Å². The zero-order valence-corrected chi connectivity index (χ0v) is 32.7. The van der Waals surface area contributed by atoms with Gasteiger partial charge in [-0.05, 0) is 19.8 Å². The van der Waals surface area contributed by atoms with Gasteiger partial charge in [-0.2, -0.15) is 0 Å². The van der Waals surface area contributed by atoms with Crippen molar-refractivity contribution < 1.29 is 27.6 Å². The summed E-state index contributed by atoms with van der Waals surface area (Å²) in [7, 11) is -3.66. The predicted molar refractivity (Wildman–Crippen MR) is 201 cm³/mol. The van der Waals surface area contributed by atoms with Crippen molar-refractivity contribution in [2.75, 3.05) is 46.2 Å². The van der Waals surface area contributed by atoms with Crippen LogP contribution in [0.4, 0.5) is 0 Å². The Labute approximate surface area is 293 Å². The quantitative estimate of drug-likeness (QED) is 0.0504. The van der Waals surface area contributed by atoms with Crippen molar-refractivity contribution in [3.05, 3.63) is 0 Å². The summed E-state index contributed by atoms with van der Waals surface area (Å²) in [4.78, 5) is 0. The average molecular weight is 692 g/mol. The van der Waals surface area contributed by atoms with Crippen molar-refractivity contribution in [3.8, 4) is 0 Å². The maximum atomic E-state index is 12.9. The highest BCUT2D eigenvalue weighted by Gasteiger charge is 2.27. The Balaban J connectivity index is 4.07. The van der Waals surface area contributed by atoms with Gasteiger partial charge in [0.1, 0.15) is 6.10 Å². The molecule has 0 aliphatic heterocycles. The predicted octanol–water partition coefficient (Wildman–Crippen LogP) is 12.5. The Kier molecular flexibility index (Phi) is 38.8. The topological polar surface area (TPSA) is 89.2 Å². The van der Waals surface area contributed by atoms with Crippen LogP contribution in [0.25, 0.3) is 0 Å². The molecule has 47 heavy (non-hydrogen) atoms. The van der Waals surface area contributed by atoms with Gasteiger partial charge < -0.3 is 15.2 Å². The molecule has 8 heteroatoms. The lowest BCUT2D eigenvalue weighted by atomic mass is 10.0. The van der Waals surface area contributed by atoms with E-state index < -0.39 is 7.82 Å². The Bertz CT molecular complexity index is 641. The number of ether oxygens (including phenoxy) is 2. The molecule has 0 aliphatic rings. The molecule has 0 saturated heterocycles. The lowest BCUT2D eigenvalue weighted by Gasteiger charge is -2.22. The lowest BCUT2D eigenvalue weighted by molar-refractivity contribution is -0.0458. The Morgan fingerprint density at radius 2 is 0.830 bits per heavy atom. The van der Waals surface area contributed by atoms with Crippen molar-refractivity contribution in [2.45, 2.75) is 207 Å². The second-order valence-electron chi connectivity index (χ2n) is 13.5. The summed E-state index contributed by atoms with van der Waals surface area (Å²) >= 11 is 0. The minimum Gasteiger partial charge on any atom is -0.379 e. The molecule has 284 valence electrons. The first-order chi connectivity index (χ1) is 23.1. The van der Waals surface area contributed by atoms with Gasteiger partial charge in [-0.1, -0.05) is 181 Å². The number of phosphoric ester groups is 1. The summed E-state index contributed by atoms with van der Waals surface area (Å²) in [5, 5.41) is 0. The number of hydrogen-bond donors (Lipinski definition) is 1. The highest BCUT2D eigenvalue weighted by molar-refractivity contribution is 7.48. The maximum absolute atomic E-state index is 12.9. The van der Waals surface area contributed by atoms with E-state index in [4.69, 9.17) is 28.8 Å². The average Bonchev–Trinajstić information content (AvgIpc) is 3.07. The molecular formula is C39H82NO6P. The third-order valence-electron chi connectivity index (χ3n) is 8.87. The number of phosphoric acid groups is 1. The molecule has 0 radical (unpaired) electrons. The molecule has 0 aromatic carbocycles. The molecule has 7 nitrogen and oxygen atoms in total. The maximum Gasteiger partial charge on any atom is 0.474 e. The first kappa shape index (κ1) is 47.0. The van der Waals surface area contributed by atoms with E-state index in [-0.39, 0.29) is 32.5 Å². The summed E-state index contributed by atoms with van der Waals surface area (Å²) < 4.78 is 41.3. The number of hydrogen-bond acceptors (Lipinski definition) is 7. The standard InChI is InChI=1S/C39H82NO6P/c1-4-7-9-11-13-15-17-19-21-23-25-27-29-31-34-42-37-39(38-46-47(41,44-6-3)45-36-33-40)43-35-32-30-28-26-24-22-20-18-16-14-12-10-8-5-2/h39H,4-38,40H2,1-3H3/t39-,47?/m1/s1. The summed E-state index contributed by atoms with van der Waals surface area (Å²) in [6, 6.07) is 0. The van der Waals surface area contributed by atoms with Crippen molar-refractivity contribution >= 4 is 7.82 Å². The van der Waals surface area contributed by atoms with Gasteiger partial charge >= 0.3 is 7.82 Å². The molecule has 2 N–H and O–H groups in total. The van der Waals surface area contributed by atoms with E-state index in [2.05, 4.69) is 13.8 Å². The van der Waals surface area contributed by atoms with Gasteiger partial charge in [0.25, 0.3) is 0 Å². The largest absolute Gasteiger partial charge is 0.474 e. The van der Waals surface area contributed by atoms with Gasteiger partial charge in [0.15, 0.2) is 0 Å². The molecule has 0 aromatic heterocycles. The van der Waals surface area contributed by atoms with E-state index in [1.54, 1.807) is 6.92 Å². The first-order valence-electron chi connectivity index (χ1n) is 20.5. The van der Waals surface area contributed by atoms with Gasteiger partial charge in [0, 0.05) is 19.8 Å². The minimum absolute atomic E-state index is 0.110. The van der Waals surface area contributed by atoms with Crippen LogP contribution in [0, 0.1) is 0 Å². The van der Waals surface area contributed by atoms with Crippen molar-refractivity contribution in [2.24, 2.45) is 5.73 Å². The van der Waals surface area contributed by atoms with Gasteiger partial charge in [0.05, 0.1) is 26.4 Å². The van der Waals surface area contributed by atoms with Crippen LogP contribution in [0.1, 0.15) is 201 Å². The Hall–Kier alpha value is -0.0100. The normalized spacial score (nSPS) is 13.7. The smallest absolute Gasteiger partial charge is 0.379 e. The summed E-state index contributed by atoms with van der Waals surface area (Å²) in [6.45, 7) is 8.83. The summed E-state index contributed by atoms with van der Waals surface area (Å²) in [5.74, 6) is 0. The Morgan fingerprint density at radius 3 is 1.21 bits per heavy atom. The van der Waals surface area contributed by atoms with Crippen LogP contribution in [0.15, 0.2) is 0 Å². The molecular weight excluding hydrogens is 609 g/mol. The lowest BCUT2D eigenvalue weighted by Crippen LogP contribution is -2.26. The fourth-order valence-corrected chi connectivity index (χ4v) is 7.13. The first-order valence-corrected chi connectivity index (χ1v) is 22.0. The van der Waals surface area contributed by atoms with Crippen molar-refractivity contribution in [1.29, 1.82) is 0 Å². The highest BCUT2D eigenvalue weighted by atomic mass is 31.2. The molecule has 0 aromatic rings. The van der Waals surface area contributed by atoms with E-state index >= 15 is 0 Å². The third kappa shape index (κ3) is 35.6. The van der Waals surface area contributed by atoms with Crippen LogP contribution in [-0.2, 0) is 27.6 Å². The molecule has 0 heterocycles. The van der Waals surface area contributed by atoms with Crippen LogP contribution in [-0.4, -0.2) is 52.3 Å². The second-order valence-corrected chi connectivity index (χ2v) is 15.2. The van der Waals surface area contributed by atoms with Crippen molar-refractivity contribution in [1.82, 2.24) is 0 Å². The molecule has 0 rings (SSSR count). The molecule has 0 spiro atoms. The zero-order chi connectivity index (χ0) is 34.4. The van der Waals surface area contributed by atoms with Gasteiger partial charge in [0.2, 0.25) is 0 Å². The molecule has 0 amide bonds. The van der Waals surface area contributed by atoms with Crippen molar-refractivity contribution in [3.63, 3.8) is 0 Å². The van der Waals surface area contributed by atoms with Gasteiger partial charge in [-0.25, -0.2) is 4.57 Å². The van der Waals surface area contributed by atoms with Crippen LogP contribution in [0.2, 0.25) is 0 Å². The summed E-state index contributed by atoms with van der Waals surface area (Å²) in [5.41, 5.74) is 5.53. The highest BCUT2D eigenvalue weighted by Crippen LogP contribution is 2.49. The monoisotopic (exact) mass is 692 g/mol. The number of unbranched alkanes of at least 4 members (excludes halogenated alkanes) is 26. The molecule has 2 atom stereocenters. The molecule has 0 bridgehead atoms. The van der Waals surface area contributed by atoms with E-state index in [0.717, 1.165) is 12.8 Å². The molecule has 0 fully saturated rings. The SMILES string of the molecule is CCCCCCCCCCCCCCCCOC[C@H](COP(=O)(OCC)OCCN)OCCCCCCCCCCCCCCCC. The Morgan fingerprint density at radius 1 is 0.447 bits per heavy atom. The molecule has 0 aliphatic carbocycles. The fraction of sp³-hybridized carbons (Fsp3) is 1.00. The van der Waals surface area contributed by atoms with Crippen LogP contribution in [0.3, 0.4) is 0 Å². The van der Waals surface area contributed by atoms with E-state index in [0.29, 0.717) is 19.8 Å². The fourth-order valence-electron chi connectivity index (χ4n) is 5.91. The number of rotatable bonds is 41. The summed E-state index contributed by atoms with van der Waals surface area (Å²) in [6.07, 6.45) is 37.1. The van der Waals surface area contributed by atoms with Crippen LogP contribution >= 0.6 is 7.82 Å².